The average Bonchev–Trinajstić information content (AvgIpc) is 3.26. The van der Waals surface area contributed by atoms with Crippen LogP contribution < -0.4 is 4.74 Å². The van der Waals surface area contributed by atoms with E-state index in [1.54, 1.807) is 4.57 Å². The van der Waals surface area contributed by atoms with E-state index < -0.39 is 47.4 Å². The van der Waals surface area contributed by atoms with Crippen molar-refractivity contribution in [3.05, 3.63) is 86.8 Å². The Balaban J connectivity index is 1.29. The van der Waals surface area contributed by atoms with Gasteiger partial charge in [-0.05, 0) is 48.7 Å². The third-order valence-electron chi connectivity index (χ3n) is 7.62. The zero-order valence-electron chi connectivity index (χ0n) is 22.4. The molecule has 1 fully saturated rings. The van der Waals surface area contributed by atoms with Crippen LogP contribution in [0.3, 0.4) is 0 Å². The number of aromatic carboxylic acids is 1. The molecular formula is C29H24ClF5N4O4. The Morgan fingerprint density at radius 3 is 2.63 bits per heavy atom. The minimum atomic E-state index is -4.75. The van der Waals surface area contributed by atoms with Crippen molar-refractivity contribution in [2.45, 2.75) is 51.4 Å². The average molecular weight is 623 g/mol. The number of carboxylic acid groups (broad SMARTS) is 1. The van der Waals surface area contributed by atoms with Crippen LogP contribution in [-0.2, 0) is 43.6 Å². The summed E-state index contributed by atoms with van der Waals surface area (Å²) in [6, 6.07) is 7.50. The Morgan fingerprint density at radius 1 is 1.16 bits per heavy atom. The largest absolute Gasteiger partial charge is 0.478 e. The maximum Gasteiger partial charge on any atom is 0.421 e. The summed E-state index contributed by atoms with van der Waals surface area (Å²) in [4.78, 5) is 22.0. The number of halogens is 6. The Kier molecular flexibility index (Phi) is 7.73. The number of benzene rings is 2. The number of pyridine rings is 1. The smallest absolute Gasteiger partial charge is 0.421 e. The molecule has 0 radical (unpaired) electrons. The van der Waals surface area contributed by atoms with Crippen LogP contribution in [0, 0.1) is 11.6 Å². The molecule has 0 spiro atoms. The van der Waals surface area contributed by atoms with Gasteiger partial charge in [0.25, 0.3) is 0 Å². The zero-order chi connectivity index (χ0) is 30.5. The van der Waals surface area contributed by atoms with Crippen molar-refractivity contribution >= 4 is 28.6 Å². The summed E-state index contributed by atoms with van der Waals surface area (Å²) in [7, 11) is 0. The molecule has 0 unspecified atom stereocenters. The molecule has 6 rings (SSSR count). The van der Waals surface area contributed by atoms with E-state index in [1.807, 2.05) is 4.90 Å². The standard InChI is InChI=1S/C29H24ClF5N4O4/c30-17-2-1-16(21(31)10-17)14-43-27-20(29(33,34)35)9-15-5-7-38(12-22(15)36-27)13-24-37-26-23(39(24)11-18-6-8-42-18)4-3-19(25(26)32)28(40)41/h1-4,9-10,18H,5-8,11-14H2,(H,40,41)/t18-/m0/s1. The number of aromatic nitrogens is 3. The second kappa shape index (κ2) is 11.4. The summed E-state index contributed by atoms with van der Waals surface area (Å²) in [5.41, 5.74) is -0.427. The molecule has 1 atom stereocenters. The molecule has 2 aliphatic heterocycles. The summed E-state index contributed by atoms with van der Waals surface area (Å²) in [6.07, 6.45) is -3.80. The molecule has 8 nitrogen and oxygen atoms in total. The van der Waals surface area contributed by atoms with Gasteiger partial charge < -0.3 is 19.1 Å². The number of rotatable bonds is 8. The topological polar surface area (TPSA) is 89.7 Å². The fourth-order valence-electron chi connectivity index (χ4n) is 5.26. The van der Waals surface area contributed by atoms with Crippen LogP contribution in [0.25, 0.3) is 11.0 Å². The lowest BCUT2D eigenvalue weighted by molar-refractivity contribution is -0.139. The predicted octanol–water partition coefficient (Wildman–Crippen LogP) is 6.01. The molecule has 0 amide bonds. The lowest BCUT2D eigenvalue weighted by Gasteiger charge is -2.30. The van der Waals surface area contributed by atoms with Crippen LogP contribution in [0.15, 0.2) is 36.4 Å². The highest BCUT2D eigenvalue weighted by Gasteiger charge is 2.37. The maximum absolute atomic E-state index is 15.1. The van der Waals surface area contributed by atoms with Gasteiger partial charge in [-0.15, -0.1) is 0 Å². The summed E-state index contributed by atoms with van der Waals surface area (Å²) >= 11 is 5.76. The van der Waals surface area contributed by atoms with Gasteiger partial charge in [0, 0.05) is 30.3 Å². The molecule has 0 bridgehead atoms. The van der Waals surface area contributed by atoms with E-state index in [4.69, 9.17) is 21.1 Å². The van der Waals surface area contributed by atoms with E-state index in [0.29, 0.717) is 42.3 Å². The molecular weight excluding hydrogens is 599 g/mol. The number of alkyl halides is 3. The van der Waals surface area contributed by atoms with E-state index in [9.17, 15) is 27.5 Å². The van der Waals surface area contributed by atoms with Gasteiger partial charge in [0.15, 0.2) is 5.82 Å². The monoisotopic (exact) mass is 622 g/mol. The van der Waals surface area contributed by atoms with Crippen molar-refractivity contribution in [2.24, 2.45) is 0 Å². The van der Waals surface area contributed by atoms with E-state index in [2.05, 4.69) is 9.97 Å². The molecule has 2 aromatic carbocycles. The predicted molar refractivity (Wildman–Crippen MR) is 144 cm³/mol. The minimum Gasteiger partial charge on any atom is -0.478 e. The van der Waals surface area contributed by atoms with E-state index >= 15 is 4.39 Å². The van der Waals surface area contributed by atoms with E-state index in [1.165, 1.54) is 24.3 Å². The summed E-state index contributed by atoms with van der Waals surface area (Å²) in [5.74, 6) is -3.28. The molecule has 2 aromatic heterocycles. The first-order valence-corrected chi connectivity index (χ1v) is 13.8. The second-order valence-corrected chi connectivity index (χ2v) is 10.9. The highest BCUT2D eigenvalue weighted by molar-refractivity contribution is 6.30. The van der Waals surface area contributed by atoms with Crippen molar-refractivity contribution in [1.29, 1.82) is 0 Å². The summed E-state index contributed by atoms with van der Waals surface area (Å²) in [6.45, 7) is 1.21. The quantitative estimate of drug-likeness (QED) is 0.241. The fraction of sp³-hybridized carbons (Fsp3) is 0.345. The third kappa shape index (κ3) is 5.89. The Morgan fingerprint density at radius 2 is 1.95 bits per heavy atom. The molecule has 1 N–H and O–H groups in total. The maximum atomic E-state index is 15.1. The zero-order valence-corrected chi connectivity index (χ0v) is 23.2. The highest BCUT2D eigenvalue weighted by atomic mass is 35.5. The van der Waals surface area contributed by atoms with Gasteiger partial charge in [0.1, 0.15) is 29.3 Å². The normalized spacial score (nSPS) is 17.1. The van der Waals surface area contributed by atoms with E-state index in [0.717, 1.165) is 18.6 Å². The molecule has 14 heteroatoms. The molecule has 2 aliphatic rings. The fourth-order valence-corrected chi connectivity index (χ4v) is 5.42. The van der Waals surface area contributed by atoms with Crippen LogP contribution in [-0.4, -0.2) is 49.8 Å². The molecule has 4 heterocycles. The number of nitrogens with zero attached hydrogens (tertiary/aromatic N) is 4. The van der Waals surface area contributed by atoms with Gasteiger partial charge in [-0.1, -0.05) is 17.7 Å². The van der Waals surface area contributed by atoms with Gasteiger partial charge >= 0.3 is 12.1 Å². The van der Waals surface area contributed by atoms with Crippen molar-refractivity contribution < 1.29 is 41.3 Å². The highest BCUT2D eigenvalue weighted by Crippen LogP contribution is 2.38. The second-order valence-electron chi connectivity index (χ2n) is 10.4. The summed E-state index contributed by atoms with van der Waals surface area (Å²) < 4.78 is 83.9. The molecule has 1 saturated heterocycles. The first-order valence-electron chi connectivity index (χ1n) is 13.4. The van der Waals surface area contributed by atoms with Crippen molar-refractivity contribution in [3.63, 3.8) is 0 Å². The third-order valence-corrected chi connectivity index (χ3v) is 7.86. The Bertz CT molecular complexity index is 1720. The van der Waals surface area contributed by atoms with Crippen molar-refractivity contribution in [2.75, 3.05) is 13.2 Å². The molecule has 4 aromatic rings. The Labute approximate surface area is 246 Å². The van der Waals surface area contributed by atoms with Crippen molar-refractivity contribution in [3.8, 4) is 5.88 Å². The number of ether oxygens (including phenoxy) is 2. The number of carboxylic acids is 1. The first kappa shape index (κ1) is 29.3. The SMILES string of the molecule is O=C(O)c1ccc2c(nc(CN3CCc4cc(C(F)(F)F)c(OCc5ccc(Cl)cc5F)nc4C3)n2C[C@@H]2CCO2)c1F. The van der Waals surface area contributed by atoms with Crippen LogP contribution in [0.2, 0.25) is 5.02 Å². The van der Waals surface area contributed by atoms with Crippen molar-refractivity contribution in [1.82, 2.24) is 19.4 Å². The van der Waals surface area contributed by atoms with Crippen LogP contribution >= 0.6 is 11.6 Å². The van der Waals surface area contributed by atoms with Gasteiger partial charge in [-0.25, -0.2) is 23.5 Å². The molecule has 0 saturated carbocycles. The number of hydrogen-bond donors (Lipinski definition) is 1. The Hall–Kier alpha value is -3.81. The number of imidazole rings is 1. The molecule has 43 heavy (non-hydrogen) atoms. The number of carbonyl (C=O) groups is 1. The lowest BCUT2D eigenvalue weighted by Crippen LogP contribution is -2.34. The minimum absolute atomic E-state index is 0.0197. The van der Waals surface area contributed by atoms with E-state index in [-0.39, 0.29) is 41.7 Å². The van der Waals surface area contributed by atoms with Gasteiger partial charge in [-0.2, -0.15) is 13.2 Å². The molecule has 0 aliphatic carbocycles. The number of fused-ring (bicyclic) bond motifs is 2. The van der Waals surface area contributed by atoms with Gasteiger partial charge in [0.2, 0.25) is 5.88 Å². The first-order chi connectivity index (χ1) is 20.5. The number of hydrogen-bond acceptors (Lipinski definition) is 6. The molecule has 226 valence electrons. The van der Waals surface area contributed by atoms with Crippen LogP contribution in [0.5, 0.6) is 5.88 Å². The van der Waals surface area contributed by atoms with Gasteiger partial charge in [-0.3, -0.25) is 4.90 Å². The van der Waals surface area contributed by atoms with Crippen LogP contribution in [0.1, 0.15) is 45.0 Å². The van der Waals surface area contributed by atoms with Crippen LogP contribution in [0.4, 0.5) is 22.0 Å². The van der Waals surface area contributed by atoms with Gasteiger partial charge in [0.05, 0.1) is 36.0 Å². The summed E-state index contributed by atoms with van der Waals surface area (Å²) in [5, 5.41) is 9.49. The lowest BCUT2D eigenvalue weighted by atomic mass is 10.0.